The molecule has 4 N–H and O–H groups in total. The maximum absolute atomic E-state index is 12.1. The molecule has 2 heterocycles. The van der Waals surface area contributed by atoms with Crippen molar-refractivity contribution in [2.24, 2.45) is 0 Å². The molecule has 2 amide bonds. The molecular weight excluding hydrogens is 246 g/mol. The summed E-state index contributed by atoms with van der Waals surface area (Å²) in [5, 5.41) is 16.1. The molecule has 3 rings (SSSR count). The fraction of sp³-hybridized carbons (Fsp3) is 0.250. The molecule has 1 unspecified atom stereocenters. The maximum Gasteiger partial charge on any atom is 0.243 e. The number of carbonyl (C=O) groups is 2. The minimum absolute atomic E-state index is 0.0975. The van der Waals surface area contributed by atoms with Gasteiger partial charge in [0, 0.05) is 11.9 Å². The summed E-state index contributed by atoms with van der Waals surface area (Å²) in [5.41, 5.74) is 1.47. The van der Waals surface area contributed by atoms with Gasteiger partial charge in [0.05, 0.1) is 23.9 Å². The third kappa shape index (κ3) is 2.27. The van der Waals surface area contributed by atoms with Gasteiger partial charge in [-0.05, 0) is 6.07 Å². The molecule has 2 aromatic rings. The van der Waals surface area contributed by atoms with Crippen LogP contribution in [0, 0.1) is 0 Å². The van der Waals surface area contributed by atoms with Crippen LogP contribution in [0.3, 0.4) is 0 Å². The minimum Gasteiger partial charge on any atom is -0.353 e. The number of benzene rings is 1. The van der Waals surface area contributed by atoms with Gasteiger partial charge in [-0.1, -0.05) is 12.1 Å². The first-order valence-electron chi connectivity index (χ1n) is 5.97. The van der Waals surface area contributed by atoms with Crippen LogP contribution in [0.2, 0.25) is 0 Å². The van der Waals surface area contributed by atoms with Gasteiger partial charge in [-0.15, -0.1) is 0 Å². The zero-order chi connectivity index (χ0) is 13.2. The number of hydrogen-bond donors (Lipinski definition) is 4. The molecule has 1 saturated heterocycles. The highest BCUT2D eigenvalue weighted by atomic mass is 16.2. The Balaban J connectivity index is 1.76. The van der Waals surface area contributed by atoms with Crippen molar-refractivity contribution in [1.29, 1.82) is 0 Å². The van der Waals surface area contributed by atoms with Crippen molar-refractivity contribution in [3.63, 3.8) is 0 Å². The van der Waals surface area contributed by atoms with Gasteiger partial charge >= 0.3 is 0 Å². The molecule has 0 aliphatic carbocycles. The second-order valence-corrected chi connectivity index (χ2v) is 4.37. The van der Waals surface area contributed by atoms with Crippen LogP contribution in [0.25, 0.3) is 10.9 Å². The molecule has 19 heavy (non-hydrogen) atoms. The molecule has 7 nitrogen and oxygen atoms in total. The smallest absolute Gasteiger partial charge is 0.243 e. The van der Waals surface area contributed by atoms with Gasteiger partial charge < -0.3 is 10.6 Å². The van der Waals surface area contributed by atoms with Crippen molar-refractivity contribution >= 4 is 28.4 Å². The number of rotatable bonds is 2. The number of para-hydroxylation sites is 1. The number of piperazine rings is 1. The van der Waals surface area contributed by atoms with Crippen molar-refractivity contribution in [3.8, 4) is 0 Å². The zero-order valence-electron chi connectivity index (χ0n) is 10.1. The van der Waals surface area contributed by atoms with E-state index in [0.29, 0.717) is 12.2 Å². The number of hydrogen-bond acceptors (Lipinski definition) is 4. The van der Waals surface area contributed by atoms with Crippen LogP contribution in [0.1, 0.15) is 0 Å². The predicted molar refractivity (Wildman–Crippen MR) is 69.5 cm³/mol. The number of H-pyrrole nitrogens is 1. The summed E-state index contributed by atoms with van der Waals surface area (Å²) in [6, 6.07) is 5.15. The average Bonchev–Trinajstić information content (AvgIpc) is 2.89. The average molecular weight is 259 g/mol. The minimum atomic E-state index is -0.420. The number of amides is 2. The summed E-state index contributed by atoms with van der Waals surface area (Å²) >= 11 is 0. The zero-order valence-corrected chi connectivity index (χ0v) is 10.1. The fourth-order valence-electron chi connectivity index (χ4n) is 2.04. The topological polar surface area (TPSA) is 98.9 Å². The lowest BCUT2D eigenvalue weighted by Crippen LogP contribution is -2.56. The monoisotopic (exact) mass is 259 g/mol. The molecule has 1 aromatic heterocycles. The lowest BCUT2D eigenvalue weighted by molar-refractivity contribution is -0.124. The highest BCUT2D eigenvalue weighted by molar-refractivity contribution is 6.02. The number of aromatic amines is 1. The van der Waals surface area contributed by atoms with Crippen molar-refractivity contribution in [2.45, 2.75) is 6.04 Å². The number of fused-ring (bicyclic) bond motifs is 1. The van der Waals surface area contributed by atoms with Crippen LogP contribution in [-0.2, 0) is 9.59 Å². The summed E-state index contributed by atoms with van der Waals surface area (Å²) < 4.78 is 0. The molecule has 0 bridgehead atoms. The number of aromatic nitrogens is 2. The first-order valence-corrected chi connectivity index (χ1v) is 5.97. The number of nitrogens with one attached hydrogen (secondary N) is 4. The van der Waals surface area contributed by atoms with Crippen LogP contribution in [-0.4, -0.2) is 41.1 Å². The molecule has 98 valence electrons. The molecule has 0 saturated carbocycles. The van der Waals surface area contributed by atoms with E-state index in [1.165, 1.54) is 0 Å². The summed E-state index contributed by atoms with van der Waals surface area (Å²) in [4.78, 5) is 23.1. The van der Waals surface area contributed by atoms with Crippen LogP contribution in [0.4, 0.5) is 5.69 Å². The highest BCUT2D eigenvalue weighted by Gasteiger charge is 2.24. The molecule has 7 heteroatoms. The summed E-state index contributed by atoms with van der Waals surface area (Å²) in [5.74, 6) is -0.276. The molecule has 1 aliphatic heterocycles. The van der Waals surface area contributed by atoms with Gasteiger partial charge in [-0.3, -0.25) is 20.0 Å². The molecule has 1 atom stereocenters. The Morgan fingerprint density at radius 1 is 1.42 bits per heavy atom. The lowest BCUT2D eigenvalue weighted by atomic mass is 10.2. The van der Waals surface area contributed by atoms with E-state index in [4.69, 9.17) is 0 Å². The summed E-state index contributed by atoms with van der Waals surface area (Å²) in [6.45, 7) is 0.454. The Bertz CT molecular complexity index is 626. The van der Waals surface area contributed by atoms with Gasteiger partial charge in [0.25, 0.3) is 0 Å². The highest BCUT2D eigenvalue weighted by Crippen LogP contribution is 2.20. The first-order chi connectivity index (χ1) is 9.24. The van der Waals surface area contributed by atoms with E-state index in [1.807, 2.05) is 12.1 Å². The third-order valence-electron chi connectivity index (χ3n) is 3.06. The molecule has 0 spiro atoms. The molecular formula is C12H13N5O2. The van der Waals surface area contributed by atoms with Crippen molar-refractivity contribution in [3.05, 3.63) is 24.4 Å². The largest absolute Gasteiger partial charge is 0.353 e. The van der Waals surface area contributed by atoms with Gasteiger partial charge in [-0.2, -0.15) is 5.10 Å². The standard InChI is InChI=1S/C12H13N5O2/c18-10-6-13-9(5-14-10)12(19)16-8-3-1-2-7-4-15-17-11(7)8/h1-4,9,13H,5-6H2,(H,14,18)(H,15,17)(H,16,19). The van der Waals surface area contributed by atoms with E-state index in [9.17, 15) is 9.59 Å². The quantitative estimate of drug-likeness (QED) is 0.589. The molecule has 1 aliphatic rings. The Hall–Kier alpha value is -2.41. The van der Waals surface area contributed by atoms with E-state index in [-0.39, 0.29) is 18.4 Å². The van der Waals surface area contributed by atoms with Crippen LogP contribution < -0.4 is 16.0 Å². The third-order valence-corrected chi connectivity index (χ3v) is 3.06. The molecule has 0 radical (unpaired) electrons. The van der Waals surface area contributed by atoms with Crippen molar-refractivity contribution < 1.29 is 9.59 Å². The Kier molecular flexibility index (Phi) is 2.88. The van der Waals surface area contributed by atoms with Gasteiger partial charge in [0.15, 0.2) is 0 Å². The molecule has 1 aromatic carbocycles. The van der Waals surface area contributed by atoms with Gasteiger partial charge in [0.1, 0.15) is 6.04 Å². The van der Waals surface area contributed by atoms with E-state index >= 15 is 0 Å². The number of nitrogens with zero attached hydrogens (tertiary/aromatic N) is 1. The summed E-state index contributed by atoms with van der Waals surface area (Å²) in [7, 11) is 0. The van der Waals surface area contributed by atoms with Crippen molar-refractivity contribution in [1.82, 2.24) is 20.8 Å². The normalized spacial score (nSPS) is 19.2. The van der Waals surface area contributed by atoms with Crippen molar-refractivity contribution in [2.75, 3.05) is 18.4 Å². The maximum atomic E-state index is 12.1. The van der Waals surface area contributed by atoms with E-state index in [0.717, 1.165) is 10.9 Å². The lowest BCUT2D eigenvalue weighted by Gasteiger charge is -2.23. The second-order valence-electron chi connectivity index (χ2n) is 4.37. The Morgan fingerprint density at radius 3 is 3.11 bits per heavy atom. The molecule has 1 fully saturated rings. The predicted octanol–water partition coefficient (Wildman–Crippen LogP) is -0.411. The van der Waals surface area contributed by atoms with E-state index < -0.39 is 6.04 Å². The van der Waals surface area contributed by atoms with Gasteiger partial charge in [-0.25, -0.2) is 0 Å². The summed E-state index contributed by atoms with van der Waals surface area (Å²) in [6.07, 6.45) is 1.70. The van der Waals surface area contributed by atoms with Crippen LogP contribution >= 0.6 is 0 Å². The fourth-order valence-corrected chi connectivity index (χ4v) is 2.04. The van der Waals surface area contributed by atoms with Crippen LogP contribution in [0.5, 0.6) is 0 Å². The Labute approximate surface area is 108 Å². The van der Waals surface area contributed by atoms with E-state index in [2.05, 4.69) is 26.1 Å². The van der Waals surface area contributed by atoms with E-state index in [1.54, 1.807) is 12.3 Å². The number of anilines is 1. The second kappa shape index (κ2) is 4.69. The number of carbonyl (C=O) groups excluding carboxylic acids is 2. The SMILES string of the molecule is O=C1CNC(C(=O)Nc2cccc3cn[nH]c23)CN1. The van der Waals surface area contributed by atoms with Crippen LogP contribution in [0.15, 0.2) is 24.4 Å². The first kappa shape index (κ1) is 11.7. The van der Waals surface area contributed by atoms with Gasteiger partial charge in [0.2, 0.25) is 11.8 Å². The Morgan fingerprint density at radius 2 is 2.32 bits per heavy atom.